The van der Waals surface area contributed by atoms with Gasteiger partial charge in [-0.25, -0.2) is 8.42 Å². The van der Waals surface area contributed by atoms with E-state index in [9.17, 15) is 13.2 Å². The molecule has 1 aliphatic heterocycles. The zero-order valence-corrected chi connectivity index (χ0v) is 17.5. The molecule has 1 atom stereocenters. The van der Waals surface area contributed by atoms with E-state index >= 15 is 0 Å². The van der Waals surface area contributed by atoms with Crippen molar-refractivity contribution in [2.45, 2.75) is 6.10 Å². The van der Waals surface area contributed by atoms with Crippen molar-refractivity contribution >= 4 is 33.2 Å². The normalized spacial score (nSPS) is 15.8. The van der Waals surface area contributed by atoms with Gasteiger partial charge in [0.15, 0.2) is 6.10 Å². The Morgan fingerprint density at radius 2 is 2.03 bits per heavy atom. The molecule has 29 heavy (non-hydrogen) atoms. The van der Waals surface area contributed by atoms with Crippen molar-refractivity contribution in [3.63, 3.8) is 0 Å². The Bertz CT molecular complexity index is 998. The number of carbonyl (C=O) groups is 1. The third kappa shape index (κ3) is 5.24. The first kappa shape index (κ1) is 21.1. The second-order valence-corrected chi connectivity index (χ2v) is 8.67. The van der Waals surface area contributed by atoms with E-state index in [4.69, 9.17) is 25.8 Å². The highest BCUT2D eigenvalue weighted by Crippen LogP contribution is 2.37. The summed E-state index contributed by atoms with van der Waals surface area (Å²) in [5, 5.41) is 3.07. The Morgan fingerprint density at radius 3 is 2.76 bits per heavy atom. The number of rotatable bonds is 7. The highest BCUT2D eigenvalue weighted by atomic mass is 35.5. The fourth-order valence-corrected chi connectivity index (χ4v) is 3.90. The highest BCUT2D eigenvalue weighted by Gasteiger charge is 2.35. The molecular weight excluding hydrogens is 420 g/mol. The molecule has 3 rings (SSSR count). The number of fused-ring (bicyclic) bond motifs is 1. The molecule has 0 aromatic heterocycles. The first-order valence-electron chi connectivity index (χ1n) is 8.76. The van der Waals surface area contributed by atoms with Crippen LogP contribution in [0.15, 0.2) is 42.5 Å². The van der Waals surface area contributed by atoms with Gasteiger partial charge in [0.1, 0.15) is 23.9 Å². The largest absolute Gasteiger partial charge is 0.497 e. The van der Waals surface area contributed by atoms with Crippen molar-refractivity contribution in [2.24, 2.45) is 0 Å². The van der Waals surface area contributed by atoms with Gasteiger partial charge >= 0.3 is 0 Å². The van der Waals surface area contributed by atoms with E-state index in [1.165, 1.54) is 6.07 Å². The molecule has 0 fully saturated rings. The molecule has 1 amide bonds. The van der Waals surface area contributed by atoms with Crippen LogP contribution in [0.5, 0.6) is 17.2 Å². The number of amides is 1. The predicted octanol–water partition coefficient (Wildman–Crippen LogP) is 2.07. The summed E-state index contributed by atoms with van der Waals surface area (Å²) in [6.45, 7) is 0.310. The summed E-state index contributed by atoms with van der Waals surface area (Å²) >= 11 is 5.97. The van der Waals surface area contributed by atoms with Crippen LogP contribution in [0.4, 0.5) is 5.69 Å². The number of hydrogen-bond donors (Lipinski definition) is 1. The minimum Gasteiger partial charge on any atom is -0.497 e. The maximum absolute atomic E-state index is 12.5. The van der Waals surface area contributed by atoms with Crippen molar-refractivity contribution < 1.29 is 27.4 Å². The topological polar surface area (TPSA) is 94.2 Å². The average Bonchev–Trinajstić information content (AvgIpc) is 2.69. The fraction of sp³-hybridized carbons (Fsp3) is 0.316. The number of sulfonamides is 1. The van der Waals surface area contributed by atoms with Crippen LogP contribution in [0.25, 0.3) is 0 Å². The molecule has 1 N–H and O–H groups in total. The lowest BCUT2D eigenvalue weighted by Crippen LogP contribution is -2.51. The van der Waals surface area contributed by atoms with Gasteiger partial charge in [-0.3, -0.25) is 9.10 Å². The summed E-state index contributed by atoms with van der Waals surface area (Å²) in [5.41, 5.74) is 0.311. The van der Waals surface area contributed by atoms with E-state index in [1.807, 2.05) is 0 Å². The van der Waals surface area contributed by atoms with Gasteiger partial charge in [-0.1, -0.05) is 17.7 Å². The van der Waals surface area contributed by atoms with E-state index in [2.05, 4.69) is 5.32 Å². The lowest BCUT2D eigenvalue weighted by molar-refractivity contribution is -0.127. The maximum atomic E-state index is 12.5. The standard InChI is InChI=1S/C19H21ClN2O6S/c1-26-14-4-3-5-15(11-14)27-9-8-21-19(23)18-12-22(29(2,24)25)16-10-13(20)6-7-17(16)28-18/h3-7,10-11,18H,8-9,12H2,1-2H3,(H,21,23). The summed E-state index contributed by atoms with van der Waals surface area (Å²) in [6, 6.07) is 11.7. The van der Waals surface area contributed by atoms with Crippen molar-refractivity contribution in [2.75, 3.05) is 37.4 Å². The number of ether oxygens (including phenoxy) is 3. The highest BCUT2D eigenvalue weighted by molar-refractivity contribution is 7.92. The van der Waals surface area contributed by atoms with Gasteiger partial charge in [0, 0.05) is 11.1 Å². The summed E-state index contributed by atoms with van der Waals surface area (Å²) in [5.74, 6) is 1.12. The second kappa shape index (κ2) is 8.79. The Labute approximate surface area is 174 Å². The van der Waals surface area contributed by atoms with Crippen molar-refractivity contribution in [1.82, 2.24) is 5.32 Å². The molecule has 0 spiro atoms. The number of nitrogens with zero attached hydrogens (tertiary/aromatic N) is 1. The molecular formula is C19H21ClN2O6S. The van der Waals surface area contributed by atoms with E-state index in [0.29, 0.717) is 22.2 Å². The molecule has 10 heteroatoms. The molecule has 2 aromatic carbocycles. The minimum atomic E-state index is -3.61. The summed E-state index contributed by atoms with van der Waals surface area (Å²) in [6.07, 6.45) is 0.0789. The molecule has 0 aliphatic carbocycles. The van der Waals surface area contributed by atoms with Gasteiger partial charge in [-0.05, 0) is 30.3 Å². The number of hydrogen-bond acceptors (Lipinski definition) is 6. The third-order valence-electron chi connectivity index (χ3n) is 4.19. The van der Waals surface area contributed by atoms with Crippen LogP contribution in [0.3, 0.4) is 0 Å². The lowest BCUT2D eigenvalue weighted by Gasteiger charge is -2.34. The van der Waals surface area contributed by atoms with Gasteiger partial charge in [0.05, 0.1) is 32.1 Å². The second-order valence-electron chi connectivity index (χ2n) is 6.33. The molecule has 0 radical (unpaired) electrons. The van der Waals surface area contributed by atoms with E-state index < -0.39 is 22.0 Å². The van der Waals surface area contributed by atoms with Crippen LogP contribution in [-0.4, -0.2) is 53.5 Å². The minimum absolute atomic E-state index is 0.144. The van der Waals surface area contributed by atoms with Crippen molar-refractivity contribution in [3.05, 3.63) is 47.5 Å². The van der Waals surface area contributed by atoms with Crippen LogP contribution in [0.1, 0.15) is 0 Å². The van der Waals surface area contributed by atoms with Crippen LogP contribution >= 0.6 is 11.6 Å². The van der Waals surface area contributed by atoms with Crippen LogP contribution < -0.4 is 23.8 Å². The van der Waals surface area contributed by atoms with Crippen LogP contribution in [-0.2, 0) is 14.8 Å². The fourth-order valence-electron chi connectivity index (χ4n) is 2.82. The quantitative estimate of drug-likeness (QED) is 0.662. The Kier molecular flexibility index (Phi) is 6.39. The molecule has 0 saturated heterocycles. The van der Waals surface area contributed by atoms with Gasteiger partial charge in [-0.2, -0.15) is 0 Å². The number of nitrogens with one attached hydrogen (secondary N) is 1. The van der Waals surface area contributed by atoms with Crippen molar-refractivity contribution in [3.8, 4) is 17.2 Å². The molecule has 1 aliphatic rings. The monoisotopic (exact) mass is 440 g/mol. The number of methoxy groups -OCH3 is 1. The summed E-state index contributed by atoms with van der Waals surface area (Å²) in [7, 11) is -2.05. The molecule has 8 nitrogen and oxygen atoms in total. The Balaban J connectivity index is 1.60. The summed E-state index contributed by atoms with van der Waals surface area (Å²) < 4.78 is 41.8. The van der Waals surface area contributed by atoms with Gasteiger partial charge < -0.3 is 19.5 Å². The SMILES string of the molecule is COc1cccc(OCCNC(=O)C2CN(S(C)(=O)=O)c3cc(Cl)ccc3O2)c1. The lowest BCUT2D eigenvalue weighted by atomic mass is 10.2. The van der Waals surface area contributed by atoms with Gasteiger partial charge in [0.2, 0.25) is 10.0 Å². The summed E-state index contributed by atoms with van der Waals surface area (Å²) in [4.78, 5) is 12.5. The molecule has 1 unspecified atom stereocenters. The van der Waals surface area contributed by atoms with Crippen LogP contribution in [0, 0.1) is 0 Å². The smallest absolute Gasteiger partial charge is 0.263 e. The Hall–Kier alpha value is -2.65. The van der Waals surface area contributed by atoms with Crippen LogP contribution in [0.2, 0.25) is 5.02 Å². The van der Waals surface area contributed by atoms with E-state index in [0.717, 1.165) is 10.6 Å². The first-order chi connectivity index (χ1) is 13.8. The zero-order valence-electron chi connectivity index (χ0n) is 15.9. The molecule has 1 heterocycles. The number of halogens is 1. The predicted molar refractivity (Wildman–Crippen MR) is 110 cm³/mol. The van der Waals surface area contributed by atoms with E-state index in [-0.39, 0.29) is 25.4 Å². The molecule has 2 aromatic rings. The van der Waals surface area contributed by atoms with E-state index in [1.54, 1.807) is 43.5 Å². The van der Waals surface area contributed by atoms with Gasteiger partial charge in [-0.15, -0.1) is 0 Å². The Morgan fingerprint density at radius 1 is 1.28 bits per heavy atom. The number of anilines is 1. The maximum Gasteiger partial charge on any atom is 0.263 e. The number of benzene rings is 2. The van der Waals surface area contributed by atoms with Gasteiger partial charge in [0.25, 0.3) is 5.91 Å². The first-order valence-corrected chi connectivity index (χ1v) is 11.0. The average molecular weight is 441 g/mol. The molecule has 0 bridgehead atoms. The molecule has 156 valence electrons. The van der Waals surface area contributed by atoms with Crippen molar-refractivity contribution in [1.29, 1.82) is 0 Å². The zero-order chi connectivity index (χ0) is 21.0. The molecule has 0 saturated carbocycles. The number of carbonyl (C=O) groups excluding carboxylic acids is 1. The third-order valence-corrected chi connectivity index (χ3v) is 5.58.